The van der Waals surface area contributed by atoms with Gasteiger partial charge >= 0.3 is 0 Å². The number of hydrogen-bond donors (Lipinski definition) is 4. The third kappa shape index (κ3) is 12.8. The van der Waals surface area contributed by atoms with E-state index in [1.165, 1.54) is 11.8 Å². The molecule has 2 aromatic rings. The molecule has 0 aliphatic carbocycles. The zero-order chi connectivity index (χ0) is 39.7. The van der Waals surface area contributed by atoms with Gasteiger partial charge in [-0.1, -0.05) is 30.0 Å². The molecule has 2 aliphatic heterocycles. The summed E-state index contributed by atoms with van der Waals surface area (Å²) < 4.78 is 13.5. The largest absolute Gasteiger partial charge is 0.363 e. The average molecular weight is 779 g/mol. The number of hydrogen-bond acceptors (Lipinski definition) is 12. The number of ether oxygens (including phenoxy) is 2. The minimum absolute atomic E-state index is 0.00527. The molecular formula is C38H54N10O6S. The third-order valence-electron chi connectivity index (χ3n) is 9.71. The van der Waals surface area contributed by atoms with Gasteiger partial charge in [0.2, 0.25) is 28.8 Å². The van der Waals surface area contributed by atoms with Crippen LogP contribution in [0.15, 0.2) is 40.4 Å². The van der Waals surface area contributed by atoms with Crippen molar-refractivity contribution in [3.8, 4) is 23.7 Å². The van der Waals surface area contributed by atoms with Crippen molar-refractivity contribution in [3.05, 3.63) is 30.3 Å². The highest BCUT2D eigenvalue weighted by Gasteiger charge is 2.38. The Balaban J connectivity index is 1.34. The molecule has 7 atom stereocenters. The smallest absolute Gasteiger partial charge is 0.248 e. The molecule has 2 aliphatic rings. The first-order valence-corrected chi connectivity index (χ1v) is 19.6. The molecule has 0 spiro atoms. The molecule has 16 nitrogen and oxygen atoms in total. The second-order valence-corrected chi connectivity index (χ2v) is 14.6. The lowest BCUT2D eigenvalue weighted by Crippen LogP contribution is -2.58. The fraction of sp³-hybridized carbons (Fsp3) is 0.605. The van der Waals surface area contributed by atoms with Gasteiger partial charge in [0, 0.05) is 24.5 Å². The minimum Gasteiger partial charge on any atom is -0.363 e. The normalized spacial score (nSPS) is 18.5. The van der Waals surface area contributed by atoms with Crippen LogP contribution >= 0.6 is 11.8 Å². The van der Waals surface area contributed by atoms with Crippen molar-refractivity contribution in [1.29, 1.82) is 0 Å². The van der Waals surface area contributed by atoms with Gasteiger partial charge in [0.1, 0.15) is 25.3 Å². The molecule has 4 rings (SSSR count). The summed E-state index contributed by atoms with van der Waals surface area (Å²) in [4.78, 5) is 57.4. The Morgan fingerprint density at radius 3 is 1.95 bits per heavy atom. The predicted molar refractivity (Wildman–Crippen MR) is 206 cm³/mol. The minimum atomic E-state index is -0.966. The second-order valence-electron chi connectivity index (χ2n) is 13.5. The van der Waals surface area contributed by atoms with Crippen molar-refractivity contribution >= 4 is 35.4 Å². The van der Waals surface area contributed by atoms with E-state index in [2.05, 4.69) is 60.5 Å². The number of rotatable bonds is 18. The average Bonchev–Trinajstić information content (AvgIpc) is 4.00. The molecule has 55 heavy (non-hydrogen) atoms. The number of carbonyl (C=O) groups excluding carboxylic acids is 4. The lowest BCUT2D eigenvalue weighted by atomic mass is 10.1. The molecule has 4 N–H and O–H groups in total. The van der Waals surface area contributed by atoms with E-state index in [0.717, 1.165) is 30.6 Å². The summed E-state index contributed by atoms with van der Waals surface area (Å²) in [7, 11) is 3.35. The Hall–Kier alpha value is -4.52. The van der Waals surface area contributed by atoms with Crippen LogP contribution in [-0.2, 0) is 35.2 Å². The van der Waals surface area contributed by atoms with E-state index in [4.69, 9.17) is 9.47 Å². The van der Waals surface area contributed by atoms with E-state index in [1.807, 2.05) is 30.3 Å². The number of aromatic nitrogens is 4. The zero-order valence-corrected chi connectivity index (χ0v) is 33.4. The van der Waals surface area contributed by atoms with Crippen molar-refractivity contribution in [3.63, 3.8) is 0 Å². The molecule has 0 saturated carbocycles. The van der Waals surface area contributed by atoms with Gasteiger partial charge in [-0.25, -0.2) is 4.68 Å². The van der Waals surface area contributed by atoms with Crippen LogP contribution in [0.5, 0.6) is 0 Å². The highest BCUT2D eigenvalue weighted by atomic mass is 32.2. The van der Waals surface area contributed by atoms with Gasteiger partial charge in [0.15, 0.2) is 0 Å². The molecule has 0 radical (unpaired) electrons. The lowest BCUT2D eigenvalue weighted by molar-refractivity contribution is -0.141. The van der Waals surface area contributed by atoms with Gasteiger partial charge in [-0.2, -0.15) is 0 Å². The summed E-state index contributed by atoms with van der Waals surface area (Å²) in [6.45, 7) is 9.09. The summed E-state index contributed by atoms with van der Waals surface area (Å²) >= 11 is 1.45. The Kier molecular flexibility index (Phi) is 17.4. The fourth-order valence-corrected chi connectivity index (χ4v) is 6.88. The monoisotopic (exact) mass is 778 g/mol. The van der Waals surface area contributed by atoms with Gasteiger partial charge < -0.3 is 40.5 Å². The maximum Gasteiger partial charge on any atom is 0.248 e. The van der Waals surface area contributed by atoms with E-state index in [-0.39, 0.29) is 42.9 Å². The Morgan fingerprint density at radius 2 is 1.38 bits per heavy atom. The first kappa shape index (κ1) is 43.2. The van der Waals surface area contributed by atoms with Crippen LogP contribution in [0.2, 0.25) is 0 Å². The number of carbonyl (C=O) groups is 4. The molecule has 298 valence electrons. The molecule has 3 heterocycles. The Labute approximate surface area is 327 Å². The van der Waals surface area contributed by atoms with Crippen molar-refractivity contribution < 1.29 is 28.7 Å². The Morgan fingerprint density at radius 1 is 0.818 bits per heavy atom. The van der Waals surface area contributed by atoms with Crippen LogP contribution in [0.3, 0.4) is 0 Å². The summed E-state index contributed by atoms with van der Waals surface area (Å²) in [5, 5.41) is 24.4. The first-order valence-electron chi connectivity index (χ1n) is 18.8. The van der Waals surface area contributed by atoms with Crippen molar-refractivity contribution in [1.82, 2.24) is 51.3 Å². The predicted octanol–water partition coefficient (Wildman–Crippen LogP) is 0.440. The van der Waals surface area contributed by atoms with Crippen molar-refractivity contribution in [2.24, 2.45) is 0 Å². The number of nitrogens with one attached hydrogen (secondary N) is 4. The number of benzene rings is 1. The van der Waals surface area contributed by atoms with Crippen molar-refractivity contribution in [2.75, 3.05) is 46.9 Å². The summed E-state index contributed by atoms with van der Waals surface area (Å²) in [5.41, 5.74) is 0. The van der Waals surface area contributed by atoms with Crippen LogP contribution < -0.4 is 21.3 Å². The first-order chi connectivity index (χ1) is 26.5. The quantitative estimate of drug-likeness (QED) is 0.154. The van der Waals surface area contributed by atoms with Gasteiger partial charge in [0.25, 0.3) is 0 Å². The maximum atomic E-state index is 14.1. The van der Waals surface area contributed by atoms with Crippen LogP contribution in [0.4, 0.5) is 0 Å². The van der Waals surface area contributed by atoms with Gasteiger partial charge in [-0.3, -0.25) is 19.2 Å². The van der Waals surface area contributed by atoms with Crippen molar-refractivity contribution in [2.45, 2.75) is 112 Å². The summed E-state index contributed by atoms with van der Waals surface area (Å²) in [6, 6.07) is 6.81. The van der Waals surface area contributed by atoms with E-state index in [0.29, 0.717) is 31.3 Å². The standard InChI is InChI=1S/C38H54N10O6S/c1-26(39-5)34(49)41-32(36(51)46-20-12-13-21-46)28(3)53-23-14-7-8-15-24-54-29(4)33(42-35(50)27(2)40-6)37(52)47-22-16-17-30(47)25-48-38(43-44-45-48)55-31-18-10-9-11-19-31/h9-11,18-19,26-30,32-33,39-40H,12-13,16-17,20-25H2,1-6H3,(H,41,49)(H,42,50)/t26-,27-,28+,29+,30-,32-,33-/m0/s1. The summed E-state index contributed by atoms with van der Waals surface area (Å²) in [5.74, 6) is 10.1. The van der Waals surface area contributed by atoms with E-state index in [1.54, 1.807) is 56.3 Å². The van der Waals surface area contributed by atoms with Gasteiger partial charge in [0.05, 0.1) is 36.9 Å². The maximum absolute atomic E-state index is 14.1. The molecule has 0 unspecified atom stereocenters. The van der Waals surface area contributed by atoms with Gasteiger partial charge in [-0.05, 0) is 114 Å². The highest BCUT2D eigenvalue weighted by Crippen LogP contribution is 2.27. The lowest BCUT2D eigenvalue weighted by Gasteiger charge is -2.32. The molecule has 1 aromatic carbocycles. The second kappa shape index (κ2) is 22.1. The highest BCUT2D eigenvalue weighted by molar-refractivity contribution is 7.99. The third-order valence-corrected chi connectivity index (χ3v) is 10.7. The number of nitrogens with zero attached hydrogens (tertiary/aromatic N) is 6. The van der Waals surface area contributed by atoms with Crippen LogP contribution in [-0.4, -0.2) is 143 Å². The number of tetrazole rings is 1. The zero-order valence-electron chi connectivity index (χ0n) is 32.5. The van der Waals surface area contributed by atoms with E-state index < -0.39 is 36.4 Å². The number of likely N-dealkylation sites (tertiary alicyclic amines) is 2. The molecule has 2 fully saturated rings. The topological polar surface area (TPSA) is 185 Å². The van der Waals surface area contributed by atoms with E-state index >= 15 is 0 Å². The van der Waals surface area contributed by atoms with Crippen LogP contribution in [0.1, 0.15) is 53.4 Å². The Bertz CT molecular complexity index is 1700. The van der Waals surface area contributed by atoms with Crippen LogP contribution in [0, 0.1) is 23.7 Å². The van der Waals surface area contributed by atoms with Gasteiger partial charge in [-0.15, -0.1) is 5.10 Å². The molecular weight excluding hydrogens is 725 g/mol. The molecule has 1 aromatic heterocycles. The van der Waals surface area contributed by atoms with E-state index in [9.17, 15) is 19.2 Å². The number of amides is 4. The van der Waals surface area contributed by atoms with Crippen LogP contribution in [0.25, 0.3) is 0 Å². The molecule has 0 bridgehead atoms. The molecule has 17 heteroatoms. The number of likely N-dealkylation sites (N-methyl/N-ethyl adjacent to an activating group) is 2. The molecule has 4 amide bonds. The fourth-order valence-electron chi connectivity index (χ4n) is 6.08. The molecule has 2 saturated heterocycles. The summed E-state index contributed by atoms with van der Waals surface area (Å²) in [6.07, 6.45) is 2.09. The SMILES string of the molecule is CN[C@@H](C)C(=O)N[C@H](C(=O)N1CCCC1)[C@@H](C)OCC#CC#CCO[C@H](C)[C@H](NC(=O)[C@H](C)NC)C(=O)N1CCC[C@H]1Cn1nnnc1Sc1ccccc1.